The van der Waals surface area contributed by atoms with Gasteiger partial charge in [-0.3, -0.25) is 4.90 Å². The van der Waals surface area contributed by atoms with Crippen LogP contribution in [0, 0.1) is 0 Å². The summed E-state index contributed by atoms with van der Waals surface area (Å²) in [4.78, 5) is 6.11. The lowest BCUT2D eigenvalue weighted by Gasteiger charge is -2.11. The summed E-state index contributed by atoms with van der Waals surface area (Å²) in [6.45, 7) is 2.59. The molecule has 1 aliphatic rings. The van der Waals surface area contributed by atoms with Crippen molar-refractivity contribution >= 4 is 34.7 Å². The molecule has 0 unspecified atom stereocenters. The van der Waals surface area contributed by atoms with Crippen molar-refractivity contribution in [3.05, 3.63) is 11.5 Å². The SMILES string of the molecule is Nc1c(Cl)nc[n+]2c1N(CCCl)CC2.[Cl-]. The van der Waals surface area contributed by atoms with Gasteiger partial charge in [0.15, 0.2) is 5.69 Å². The largest absolute Gasteiger partial charge is 1.00 e. The molecule has 2 rings (SSSR count). The van der Waals surface area contributed by atoms with Crippen molar-refractivity contribution in [1.82, 2.24) is 4.98 Å². The Kier molecular flexibility index (Phi) is 4.25. The molecular formula is C8H11Cl3N4. The summed E-state index contributed by atoms with van der Waals surface area (Å²) in [6.07, 6.45) is 1.71. The Labute approximate surface area is 104 Å². The summed E-state index contributed by atoms with van der Waals surface area (Å²) in [6, 6.07) is 0. The van der Waals surface area contributed by atoms with E-state index in [0.29, 0.717) is 16.7 Å². The summed E-state index contributed by atoms with van der Waals surface area (Å²) >= 11 is 11.5. The fraction of sp³-hybridized carbons (Fsp3) is 0.500. The number of alkyl halides is 1. The molecule has 0 aromatic carbocycles. The zero-order valence-corrected chi connectivity index (χ0v) is 10.2. The van der Waals surface area contributed by atoms with E-state index in [4.69, 9.17) is 28.9 Å². The number of nitrogens with zero attached hydrogens (tertiary/aromatic N) is 3. The number of hydrogen-bond donors (Lipinski definition) is 1. The van der Waals surface area contributed by atoms with E-state index in [0.717, 1.165) is 25.5 Å². The van der Waals surface area contributed by atoms with Crippen molar-refractivity contribution < 1.29 is 17.0 Å². The third-order valence-corrected chi connectivity index (χ3v) is 2.78. The monoisotopic (exact) mass is 268 g/mol. The summed E-state index contributed by atoms with van der Waals surface area (Å²) in [5.74, 6) is 1.52. The van der Waals surface area contributed by atoms with E-state index >= 15 is 0 Å². The van der Waals surface area contributed by atoms with E-state index in [9.17, 15) is 0 Å². The van der Waals surface area contributed by atoms with E-state index in [2.05, 4.69) is 9.88 Å². The Hall–Kier alpha value is -0.450. The van der Waals surface area contributed by atoms with Crippen LogP contribution in [-0.2, 0) is 6.54 Å². The van der Waals surface area contributed by atoms with Crippen LogP contribution < -0.4 is 27.6 Å². The Bertz CT molecular complexity index is 356. The highest BCUT2D eigenvalue weighted by Crippen LogP contribution is 2.26. The molecular weight excluding hydrogens is 258 g/mol. The van der Waals surface area contributed by atoms with Gasteiger partial charge < -0.3 is 18.1 Å². The molecule has 7 heteroatoms. The van der Waals surface area contributed by atoms with Crippen molar-refractivity contribution in [2.24, 2.45) is 0 Å². The Morgan fingerprint density at radius 3 is 3.00 bits per heavy atom. The first-order chi connectivity index (χ1) is 6.74. The second-order valence-electron chi connectivity index (χ2n) is 3.14. The van der Waals surface area contributed by atoms with Gasteiger partial charge in [-0.15, -0.1) is 11.6 Å². The van der Waals surface area contributed by atoms with Gasteiger partial charge in [0, 0.05) is 0 Å². The van der Waals surface area contributed by atoms with E-state index in [1.165, 1.54) is 0 Å². The summed E-state index contributed by atoms with van der Waals surface area (Å²) in [5.41, 5.74) is 6.39. The van der Waals surface area contributed by atoms with Crippen LogP contribution in [0.5, 0.6) is 0 Å². The Balaban J connectivity index is 0.00000112. The smallest absolute Gasteiger partial charge is 0.252 e. The fourth-order valence-corrected chi connectivity index (χ4v) is 1.99. The molecule has 0 spiro atoms. The van der Waals surface area contributed by atoms with Gasteiger partial charge in [-0.1, -0.05) is 4.98 Å². The molecule has 0 amide bonds. The highest BCUT2D eigenvalue weighted by molar-refractivity contribution is 6.32. The van der Waals surface area contributed by atoms with Gasteiger partial charge in [-0.2, -0.15) is 0 Å². The van der Waals surface area contributed by atoms with Gasteiger partial charge in [0.05, 0.1) is 19.0 Å². The van der Waals surface area contributed by atoms with Crippen LogP contribution in [0.4, 0.5) is 11.5 Å². The van der Waals surface area contributed by atoms with Gasteiger partial charge in [0.25, 0.3) is 5.82 Å². The summed E-state index contributed by atoms with van der Waals surface area (Å²) in [5, 5.41) is 0.359. The fourth-order valence-electron chi connectivity index (χ4n) is 1.66. The predicted octanol–water partition coefficient (Wildman–Crippen LogP) is -2.33. The summed E-state index contributed by atoms with van der Waals surface area (Å²) in [7, 11) is 0. The Morgan fingerprint density at radius 1 is 1.60 bits per heavy atom. The normalized spacial score (nSPS) is 13.6. The predicted molar refractivity (Wildman–Crippen MR) is 56.8 cm³/mol. The number of nitrogen functional groups attached to an aromatic ring is 1. The number of nitrogens with two attached hydrogens (primary N) is 1. The van der Waals surface area contributed by atoms with Gasteiger partial charge in [-0.05, 0) is 11.6 Å². The maximum atomic E-state index is 5.85. The van der Waals surface area contributed by atoms with Gasteiger partial charge in [0.2, 0.25) is 11.5 Å². The molecule has 0 saturated heterocycles. The average Bonchev–Trinajstić information content (AvgIpc) is 2.57. The highest BCUT2D eigenvalue weighted by Gasteiger charge is 2.29. The number of fused-ring (bicyclic) bond motifs is 1. The minimum Gasteiger partial charge on any atom is -1.00 e. The molecule has 0 fully saturated rings. The zero-order valence-electron chi connectivity index (χ0n) is 7.96. The van der Waals surface area contributed by atoms with Crippen molar-refractivity contribution in [2.75, 3.05) is 29.6 Å². The number of aromatic nitrogens is 2. The van der Waals surface area contributed by atoms with Crippen LogP contribution in [0.15, 0.2) is 6.33 Å². The molecule has 15 heavy (non-hydrogen) atoms. The molecule has 1 aliphatic heterocycles. The number of anilines is 2. The summed E-state index contributed by atoms with van der Waals surface area (Å²) < 4.78 is 1.99. The van der Waals surface area contributed by atoms with E-state index in [1.807, 2.05) is 4.57 Å². The van der Waals surface area contributed by atoms with E-state index < -0.39 is 0 Å². The molecule has 0 radical (unpaired) electrons. The molecule has 0 aliphatic carbocycles. The highest BCUT2D eigenvalue weighted by atomic mass is 35.5. The zero-order chi connectivity index (χ0) is 10.1. The van der Waals surface area contributed by atoms with Crippen LogP contribution >= 0.6 is 23.2 Å². The molecule has 2 N–H and O–H groups in total. The molecule has 1 aromatic heterocycles. The first-order valence-corrected chi connectivity index (χ1v) is 5.29. The topological polar surface area (TPSA) is 46.0 Å². The second kappa shape index (κ2) is 5.05. The van der Waals surface area contributed by atoms with Gasteiger partial charge >= 0.3 is 0 Å². The van der Waals surface area contributed by atoms with Crippen LogP contribution in [0.25, 0.3) is 0 Å². The first kappa shape index (κ1) is 12.6. The van der Waals surface area contributed by atoms with Crippen molar-refractivity contribution in [1.29, 1.82) is 0 Å². The van der Waals surface area contributed by atoms with Crippen molar-refractivity contribution in [2.45, 2.75) is 6.54 Å². The minimum atomic E-state index is 0. The Morgan fingerprint density at radius 2 is 2.33 bits per heavy atom. The lowest BCUT2D eigenvalue weighted by atomic mass is 10.4. The maximum absolute atomic E-state index is 5.85. The van der Waals surface area contributed by atoms with Crippen molar-refractivity contribution in [3.8, 4) is 0 Å². The molecule has 1 aromatic rings. The quantitative estimate of drug-likeness (QED) is 0.372. The standard InChI is InChI=1S/C8H11Cl2N4.ClH/c9-1-2-13-3-4-14-5-12-7(10)6(11)8(13)14;/h5H,1-4,11H2;1H/q+1;/p-1. The third-order valence-electron chi connectivity index (χ3n) is 2.31. The third kappa shape index (κ3) is 2.22. The van der Waals surface area contributed by atoms with E-state index in [-0.39, 0.29) is 12.4 Å². The number of halogens is 3. The van der Waals surface area contributed by atoms with Crippen LogP contribution in [0.2, 0.25) is 5.15 Å². The second-order valence-corrected chi connectivity index (χ2v) is 3.88. The number of rotatable bonds is 2. The van der Waals surface area contributed by atoms with Crippen molar-refractivity contribution in [3.63, 3.8) is 0 Å². The molecule has 2 heterocycles. The van der Waals surface area contributed by atoms with Gasteiger partial charge in [0.1, 0.15) is 6.54 Å². The lowest BCUT2D eigenvalue weighted by Crippen LogP contribution is -3.00. The molecule has 0 bridgehead atoms. The number of hydrogen-bond acceptors (Lipinski definition) is 3. The molecule has 84 valence electrons. The van der Waals surface area contributed by atoms with E-state index in [1.54, 1.807) is 6.33 Å². The van der Waals surface area contributed by atoms with Crippen LogP contribution in [-0.4, -0.2) is 24.0 Å². The lowest BCUT2D eigenvalue weighted by molar-refractivity contribution is -0.673. The molecule has 0 saturated carbocycles. The van der Waals surface area contributed by atoms with Crippen LogP contribution in [0.1, 0.15) is 0 Å². The minimum absolute atomic E-state index is 0. The first-order valence-electron chi connectivity index (χ1n) is 4.38. The van der Waals surface area contributed by atoms with Crippen LogP contribution in [0.3, 0.4) is 0 Å². The molecule has 4 nitrogen and oxygen atoms in total. The van der Waals surface area contributed by atoms with Gasteiger partial charge in [-0.25, -0.2) is 4.57 Å². The maximum Gasteiger partial charge on any atom is 0.252 e. The molecule has 0 atom stereocenters. The average molecular weight is 270 g/mol.